The lowest BCUT2D eigenvalue weighted by Crippen LogP contribution is -2.38. The number of imidazole rings is 1. The van der Waals surface area contributed by atoms with Crippen LogP contribution in [0.2, 0.25) is 0 Å². The van der Waals surface area contributed by atoms with Gasteiger partial charge < -0.3 is 9.67 Å². The molecule has 1 aliphatic heterocycles. The second-order valence-corrected chi connectivity index (χ2v) is 7.40. The molecule has 21 heavy (non-hydrogen) atoms. The quantitative estimate of drug-likeness (QED) is 0.875. The van der Waals surface area contributed by atoms with Crippen molar-refractivity contribution in [1.29, 1.82) is 0 Å². The van der Waals surface area contributed by atoms with Crippen molar-refractivity contribution in [2.75, 3.05) is 13.1 Å². The molecule has 0 aliphatic carbocycles. The molecule has 0 bridgehead atoms. The molecule has 0 saturated carbocycles. The molecule has 1 aliphatic rings. The van der Waals surface area contributed by atoms with E-state index in [0.29, 0.717) is 38.2 Å². The third kappa shape index (κ3) is 3.62. The molecule has 1 aromatic rings. The van der Waals surface area contributed by atoms with E-state index < -0.39 is 16.0 Å². The van der Waals surface area contributed by atoms with Crippen molar-refractivity contribution in [2.45, 2.75) is 37.6 Å². The van der Waals surface area contributed by atoms with Crippen LogP contribution >= 0.6 is 0 Å². The van der Waals surface area contributed by atoms with Crippen molar-refractivity contribution in [1.82, 2.24) is 13.9 Å². The number of aryl methyl sites for hydroxylation is 2. The highest BCUT2D eigenvalue weighted by atomic mass is 32.2. The fraction of sp³-hybridized carbons (Fsp3) is 0.692. The number of carboxylic acid groups (broad SMARTS) is 1. The summed E-state index contributed by atoms with van der Waals surface area (Å²) >= 11 is 0. The number of carbonyl (C=O) groups is 1. The number of piperidine rings is 1. The van der Waals surface area contributed by atoms with Crippen LogP contribution in [-0.2, 0) is 21.9 Å². The van der Waals surface area contributed by atoms with Crippen LogP contribution in [0.25, 0.3) is 0 Å². The maximum Gasteiger partial charge on any atom is 0.303 e. The first-order valence-electron chi connectivity index (χ1n) is 7.02. The molecule has 2 heterocycles. The molecule has 7 nitrogen and oxygen atoms in total. The van der Waals surface area contributed by atoms with Gasteiger partial charge in [-0.15, -0.1) is 0 Å². The summed E-state index contributed by atoms with van der Waals surface area (Å²) in [7, 11) is -1.77. The Morgan fingerprint density at radius 3 is 2.52 bits per heavy atom. The summed E-state index contributed by atoms with van der Waals surface area (Å²) in [4.78, 5) is 14.7. The lowest BCUT2D eigenvalue weighted by atomic mass is 9.93. The molecule has 1 aromatic heterocycles. The number of rotatable bonds is 5. The number of hydrogen-bond acceptors (Lipinski definition) is 4. The number of carboxylic acids is 1. The zero-order chi connectivity index (χ0) is 15.6. The van der Waals surface area contributed by atoms with Gasteiger partial charge in [-0.05, 0) is 32.1 Å². The van der Waals surface area contributed by atoms with E-state index in [1.807, 2.05) is 0 Å². The summed E-state index contributed by atoms with van der Waals surface area (Å²) < 4.78 is 28.1. The van der Waals surface area contributed by atoms with Gasteiger partial charge in [-0.3, -0.25) is 4.79 Å². The average molecular weight is 315 g/mol. The first-order valence-corrected chi connectivity index (χ1v) is 8.46. The summed E-state index contributed by atoms with van der Waals surface area (Å²) in [6.07, 6.45) is 3.71. The van der Waals surface area contributed by atoms with Crippen LogP contribution in [0.1, 0.15) is 31.5 Å². The first kappa shape index (κ1) is 16.0. The smallest absolute Gasteiger partial charge is 0.303 e. The molecule has 0 radical (unpaired) electrons. The lowest BCUT2D eigenvalue weighted by molar-refractivity contribution is -0.137. The Kier molecular flexibility index (Phi) is 4.67. The molecule has 1 fully saturated rings. The minimum absolute atomic E-state index is 0.0893. The van der Waals surface area contributed by atoms with Crippen LogP contribution in [0.5, 0.6) is 0 Å². The van der Waals surface area contributed by atoms with Gasteiger partial charge in [0.25, 0.3) is 10.0 Å². The molecule has 0 aromatic carbocycles. The first-order chi connectivity index (χ1) is 9.80. The molecule has 0 unspecified atom stereocenters. The second-order valence-electron chi connectivity index (χ2n) is 5.52. The van der Waals surface area contributed by atoms with Crippen molar-refractivity contribution in [2.24, 2.45) is 13.0 Å². The van der Waals surface area contributed by atoms with Crippen LogP contribution in [-0.4, -0.2) is 46.4 Å². The van der Waals surface area contributed by atoms with E-state index in [1.165, 1.54) is 10.5 Å². The number of nitrogens with zero attached hydrogens (tertiary/aromatic N) is 3. The minimum Gasteiger partial charge on any atom is -0.481 e. The van der Waals surface area contributed by atoms with Crippen molar-refractivity contribution in [3.05, 3.63) is 12.0 Å². The summed E-state index contributed by atoms with van der Waals surface area (Å²) in [5.41, 5.74) is 0. The fourth-order valence-electron chi connectivity index (χ4n) is 2.55. The summed E-state index contributed by atoms with van der Waals surface area (Å²) in [5, 5.41) is 8.77. The number of aromatic nitrogens is 2. The van der Waals surface area contributed by atoms with Crippen LogP contribution in [0.3, 0.4) is 0 Å². The van der Waals surface area contributed by atoms with Crippen molar-refractivity contribution < 1.29 is 18.3 Å². The summed E-state index contributed by atoms with van der Waals surface area (Å²) in [5.74, 6) is 0.150. The van der Waals surface area contributed by atoms with E-state index in [0.717, 1.165) is 0 Å². The summed E-state index contributed by atoms with van der Waals surface area (Å²) in [6, 6.07) is 0. The molecule has 0 amide bonds. The highest BCUT2D eigenvalue weighted by Gasteiger charge is 2.31. The Labute approximate surface area is 124 Å². The topological polar surface area (TPSA) is 92.5 Å². The zero-order valence-electron chi connectivity index (χ0n) is 12.3. The van der Waals surface area contributed by atoms with E-state index in [9.17, 15) is 13.2 Å². The van der Waals surface area contributed by atoms with Gasteiger partial charge in [0.1, 0.15) is 5.82 Å². The van der Waals surface area contributed by atoms with Crippen LogP contribution in [0.15, 0.2) is 11.2 Å². The molecular formula is C13H21N3O4S. The molecule has 1 saturated heterocycles. The predicted octanol–water partition coefficient (Wildman–Crippen LogP) is 0.994. The fourth-order valence-corrected chi connectivity index (χ4v) is 4.04. The van der Waals surface area contributed by atoms with Crippen LogP contribution in [0, 0.1) is 12.8 Å². The number of sulfonamides is 1. The van der Waals surface area contributed by atoms with Crippen LogP contribution < -0.4 is 0 Å². The molecule has 1 N–H and O–H groups in total. The Morgan fingerprint density at radius 1 is 1.43 bits per heavy atom. The largest absolute Gasteiger partial charge is 0.481 e. The third-order valence-corrected chi connectivity index (χ3v) is 5.80. The SMILES string of the molecule is Cc1nc(S(=O)(=O)N2CCC(CCC(=O)O)CC2)cn1C. The Morgan fingerprint density at radius 2 is 2.05 bits per heavy atom. The third-order valence-electron chi connectivity index (χ3n) is 4.03. The van der Waals surface area contributed by atoms with Gasteiger partial charge in [-0.25, -0.2) is 13.4 Å². The van der Waals surface area contributed by atoms with Crippen LogP contribution in [0.4, 0.5) is 0 Å². The van der Waals surface area contributed by atoms with Crippen molar-refractivity contribution in [3.8, 4) is 0 Å². The Bertz CT molecular complexity index is 596. The Hall–Kier alpha value is -1.41. The molecule has 118 valence electrons. The average Bonchev–Trinajstić information content (AvgIpc) is 2.77. The highest BCUT2D eigenvalue weighted by Crippen LogP contribution is 2.26. The normalized spacial score (nSPS) is 18.0. The maximum atomic E-state index is 12.5. The van der Waals surface area contributed by atoms with Crippen molar-refractivity contribution >= 4 is 16.0 Å². The standard InChI is InChI=1S/C13H21N3O4S/c1-10-14-12(9-15(10)2)21(19,20)16-7-5-11(6-8-16)3-4-13(17)18/h9,11H,3-8H2,1-2H3,(H,17,18). The van der Waals surface area contributed by atoms with E-state index in [1.54, 1.807) is 18.5 Å². The van der Waals surface area contributed by atoms with Crippen molar-refractivity contribution in [3.63, 3.8) is 0 Å². The molecular weight excluding hydrogens is 294 g/mol. The van der Waals surface area contributed by atoms with Gasteiger partial charge in [0.15, 0.2) is 5.03 Å². The monoisotopic (exact) mass is 315 g/mol. The Balaban J connectivity index is 1.99. The van der Waals surface area contributed by atoms with E-state index in [-0.39, 0.29) is 17.4 Å². The van der Waals surface area contributed by atoms with Gasteiger partial charge in [-0.2, -0.15) is 4.31 Å². The van der Waals surface area contributed by atoms with Gasteiger partial charge in [0, 0.05) is 32.8 Å². The van der Waals surface area contributed by atoms with Gasteiger partial charge in [0.05, 0.1) is 0 Å². The van der Waals surface area contributed by atoms with Gasteiger partial charge >= 0.3 is 5.97 Å². The van der Waals surface area contributed by atoms with Gasteiger partial charge in [0.2, 0.25) is 0 Å². The zero-order valence-corrected chi connectivity index (χ0v) is 13.1. The molecule has 0 spiro atoms. The lowest BCUT2D eigenvalue weighted by Gasteiger charge is -2.30. The van der Waals surface area contributed by atoms with E-state index >= 15 is 0 Å². The molecule has 0 atom stereocenters. The molecule has 8 heteroatoms. The van der Waals surface area contributed by atoms with E-state index in [4.69, 9.17) is 5.11 Å². The minimum atomic E-state index is -3.53. The molecule has 2 rings (SSSR count). The maximum absolute atomic E-state index is 12.5. The summed E-state index contributed by atoms with van der Waals surface area (Å²) in [6.45, 7) is 2.63. The predicted molar refractivity (Wildman–Crippen MR) is 76.3 cm³/mol. The van der Waals surface area contributed by atoms with E-state index in [2.05, 4.69) is 4.98 Å². The number of hydrogen-bond donors (Lipinski definition) is 1. The number of aliphatic carboxylic acids is 1. The second kappa shape index (κ2) is 6.15. The van der Waals surface area contributed by atoms with Gasteiger partial charge in [-0.1, -0.05) is 0 Å². The highest BCUT2D eigenvalue weighted by molar-refractivity contribution is 7.89.